The molecular weight excluding hydrogens is 391 g/mol. The molecule has 1 fully saturated rings. The van der Waals surface area contributed by atoms with E-state index in [4.69, 9.17) is 5.11 Å². The number of halogens is 3. The highest BCUT2D eigenvalue weighted by molar-refractivity contribution is 5.81. The Morgan fingerprint density at radius 2 is 1.72 bits per heavy atom. The molecule has 29 heavy (non-hydrogen) atoms. The second-order valence-electron chi connectivity index (χ2n) is 6.44. The molecule has 0 aliphatic carbocycles. The molecule has 1 aromatic carbocycles. The summed E-state index contributed by atoms with van der Waals surface area (Å²) in [6.45, 7) is 0.858. The van der Waals surface area contributed by atoms with Crippen molar-refractivity contribution < 1.29 is 28.2 Å². The molecule has 1 atom stereocenters. The zero-order chi connectivity index (χ0) is 21.0. The summed E-state index contributed by atoms with van der Waals surface area (Å²) in [5.74, 6) is 0.346. The Kier molecular flexibility index (Phi) is 6.18. The molecule has 2 heterocycles. The predicted octanol–water partition coefficient (Wildman–Crippen LogP) is 1.24. The molecule has 1 aliphatic heterocycles. The maximum atomic E-state index is 12.7. The first-order valence-corrected chi connectivity index (χ1v) is 8.87. The van der Waals surface area contributed by atoms with Crippen molar-refractivity contribution in [3.63, 3.8) is 0 Å². The fourth-order valence-electron chi connectivity index (χ4n) is 2.96. The maximum absolute atomic E-state index is 12.7. The van der Waals surface area contributed by atoms with E-state index in [1.165, 1.54) is 29.4 Å². The summed E-state index contributed by atoms with van der Waals surface area (Å²) in [5, 5.41) is 21.4. The first-order valence-electron chi connectivity index (χ1n) is 8.87. The smallest absolute Gasteiger partial charge is 0.393 e. The maximum Gasteiger partial charge on any atom is 0.416 e. The first-order chi connectivity index (χ1) is 13.8. The van der Waals surface area contributed by atoms with Crippen LogP contribution in [0.15, 0.2) is 36.7 Å². The van der Waals surface area contributed by atoms with Crippen LogP contribution in [-0.2, 0) is 11.0 Å². The Bertz CT molecular complexity index is 839. The second kappa shape index (κ2) is 8.62. The third kappa shape index (κ3) is 4.93. The predicted molar refractivity (Wildman–Crippen MR) is 98.6 cm³/mol. The molecular formula is C18H20F3N5O3. The van der Waals surface area contributed by atoms with Crippen molar-refractivity contribution in [1.29, 1.82) is 0 Å². The van der Waals surface area contributed by atoms with Crippen molar-refractivity contribution >= 4 is 23.2 Å². The highest BCUT2D eigenvalue weighted by Crippen LogP contribution is 2.31. The van der Waals surface area contributed by atoms with Crippen molar-refractivity contribution in [3.8, 4) is 0 Å². The van der Waals surface area contributed by atoms with Gasteiger partial charge in [-0.2, -0.15) is 13.2 Å². The van der Waals surface area contributed by atoms with Gasteiger partial charge in [-0.15, -0.1) is 0 Å². The van der Waals surface area contributed by atoms with Crippen LogP contribution in [0.3, 0.4) is 0 Å². The van der Waals surface area contributed by atoms with E-state index in [1.807, 2.05) is 4.90 Å². The van der Waals surface area contributed by atoms with Crippen LogP contribution in [0.5, 0.6) is 0 Å². The van der Waals surface area contributed by atoms with Gasteiger partial charge in [0.1, 0.15) is 0 Å². The average molecular weight is 411 g/mol. The van der Waals surface area contributed by atoms with E-state index in [0.717, 1.165) is 12.1 Å². The lowest BCUT2D eigenvalue weighted by molar-refractivity contribution is -0.142. The lowest BCUT2D eigenvalue weighted by Gasteiger charge is -2.36. The summed E-state index contributed by atoms with van der Waals surface area (Å²) in [4.78, 5) is 23.8. The molecule has 0 saturated carbocycles. The van der Waals surface area contributed by atoms with E-state index in [1.54, 1.807) is 0 Å². The molecule has 3 rings (SSSR count). The minimum Gasteiger partial charge on any atom is -0.393 e. The Labute approximate surface area is 164 Å². The largest absolute Gasteiger partial charge is 0.416 e. The van der Waals surface area contributed by atoms with Crippen LogP contribution in [0.2, 0.25) is 0 Å². The first kappa shape index (κ1) is 20.8. The Morgan fingerprint density at radius 3 is 2.31 bits per heavy atom. The van der Waals surface area contributed by atoms with E-state index in [0.29, 0.717) is 43.5 Å². The van der Waals surface area contributed by atoms with Gasteiger partial charge in [-0.1, -0.05) is 0 Å². The summed E-state index contributed by atoms with van der Waals surface area (Å²) in [7, 11) is 0. The van der Waals surface area contributed by atoms with Gasteiger partial charge in [-0.25, -0.2) is 9.97 Å². The van der Waals surface area contributed by atoms with E-state index in [9.17, 15) is 23.1 Å². The van der Waals surface area contributed by atoms with Gasteiger partial charge in [0.25, 0.3) is 5.91 Å². The molecule has 1 amide bonds. The van der Waals surface area contributed by atoms with Crippen molar-refractivity contribution in [2.24, 2.45) is 0 Å². The van der Waals surface area contributed by atoms with E-state index in [2.05, 4.69) is 15.3 Å². The number of amides is 1. The number of alkyl halides is 3. The number of nitrogens with zero attached hydrogens (tertiary/aromatic N) is 4. The SMILES string of the molecule is O=C([C@@H](O)CO)N1CCN(c2nccnc2Nc2ccc(C(F)(F)F)cc2)CC1. The van der Waals surface area contributed by atoms with Crippen molar-refractivity contribution in [1.82, 2.24) is 14.9 Å². The molecule has 3 N–H and O–H groups in total. The van der Waals surface area contributed by atoms with Gasteiger partial charge >= 0.3 is 6.18 Å². The number of hydrogen-bond acceptors (Lipinski definition) is 7. The summed E-state index contributed by atoms with van der Waals surface area (Å²) in [6.07, 6.45) is -2.88. The van der Waals surface area contributed by atoms with Gasteiger partial charge in [0, 0.05) is 44.3 Å². The number of nitrogens with one attached hydrogen (secondary N) is 1. The summed E-state index contributed by atoms with van der Waals surface area (Å²) in [6, 6.07) is 4.59. The number of aliphatic hydroxyl groups is 2. The number of hydrogen-bond donors (Lipinski definition) is 3. The normalized spacial score (nSPS) is 15.9. The van der Waals surface area contributed by atoms with Crippen molar-refractivity contribution in [2.45, 2.75) is 12.3 Å². The Morgan fingerprint density at radius 1 is 1.10 bits per heavy atom. The van der Waals surface area contributed by atoms with Crippen LogP contribution in [0.4, 0.5) is 30.5 Å². The van der Waals surface area contributed by atoms with Gasteiger partial charge < -0.3 is 25.3 Å². The van der Waals surface area contributed by atoms with Gasteiger partial charge in [-0.3, -0.25) is 4.79 Å². The number of aliphatic hydroxyl groups excluding tert-OH is 2. The molecule has 1 aliphatic rings. The topological polar surface area (TPSA) is 102 Å². The molecule has 0 bridgehead atoms. The molecule has 0 unspecified atom stereocenters. The molecule has 8 nitrogen and oxygen atoms in total. The molecule has 1 saturated heterocycles. The van der Waals surface area contributed by atoms with Crippen LogP contribution in [-0.4, -0.2) is 69.9 Å². The number of piperazine rings is 1. The molecule has 0 spiro atoms. The Balaban J connectivity index is 1.69. The number of rotatable bonds is 5. The van der Waals surface area contributed by atoms with Gasteiger partial charge in [0.05, 0.1) is 12.2 Å². The number of anilines is 3. The number of aromatic nitrogens is 2. The highest BCUT2D eigenvalue weighted by Gasteiger charge is 2.30. The molecule has 156 valence electrons. The van der Waals surface area contributed by atoms with E-state index in [-0.39, 0.29) is 0 Å². The van der Waals surface area contributed by atoms with Crippen LogP contribution in [0.25, 0.3) is 0 Å². The quantitative estimate of drug-likeness (QED) is 0.681. The number of benzene rings is 1. The average Bonchev–Trinajstić information content (AvgIpc) is 2.73. The third-order valence-electron chi connectivity index (χ3n) is 4.50. The zero-order valence-corrected chi connectivity index (χ0v) is 15.3. The summed E-state index contributed by atoms with van der Waals surface area (Å²) in [5.41, 5.74) is -0.312. The number of carbonyl (C=O) groups is 1. The molecule has 1 aromatic heterocycles. The lowest BCUT2D eigenvalue weighted by atomic mass is 10.2. The van der Waals surface area contributed by atoms with E-state index >= 15 is 0 Å². The molecule has 2 aromatic rings. The van der Waals surface area contributed by atoms with Crippen LogP contribution in [0.1, 0.15) is 5.56 Å². The third-order valence-corrected chi connectivity index (χ3v) is 4.50. The number of carbonyl (C=O) groups excluding carboxylic acids is 1. The Hall–Kier alpha value is -2.92. The second-order valence-corrected chi connectivity index (χ2v) is 6.44. The standard InChI is InChI=1S/C18H20F3N5O3/c19-18(20,21)12-1-3-13(4-2-12)24-15-16(23-6-5-22-15)25-7-9-26(10-8-25)17(29)14(28)11-27/h1-6,14,27-28H,7-11H2,(H,22,24)/t14-/m0/s1. The van der Waals surface area contributed by atoms with Gasteiger partial charge in [0.15, 0.2) is 17.7 Å². The minimum atomic E-state index is -4.41. The summed E-state index contributed by atoms with van der Waals surface area (Å²) < 4.78 is 38.1. The minimum absolute atomic E-state index is 0.326. The van der Waals surface area contributed by atoms with Gasteiger partial charge in [-0.05, 0) is 24.3 Å². The van der Waals surface area contributed by atoms with Crippen LogP contribution < -0.4 is 10.2 Å². The van der Waals surface area contributed by atoms with Crippen molar-refractivity contribution in [2.75, 3.05) is 43.0 Å². The fourth-order valence-corrected chi connectivity index (χ4v) is 2.96. The van der Waals surface area contributed by atoms with Gasteiger partial charge in [0.2, 0.25) is 0 Å². The monoisotopic (exact) mass is 411 g/mol. The highest BCUT2D eigenvalue weighted by atomic mass is 19.4. The van der Waals surface area contributed by atoms with Crippen molar-refractivity contribution in [3.05, 3.63) is 42.2 Å². The summed E-state index contributed by atoms with van der Waals surface area (Å²) >= 11 is 0. The molecule has 0 radical (unpaired) electrons. The fraction of sp³-hybridized carbons (Fsp3) is 0.389. The zero-order valence-electron chi connectivity index (χ0n) is 15.3. The molecule has 11 heteroatoms. The van der Waals surface area contributed by atoms with E-state index < -0.39 is 30.4 Å². The lowest BCUT2D eigenvalue weighted by Crippen LogP contribution is -2.52. The van der Waals surface area contributed by atoms with Crippen LogP contribution >= 0.6 is 0 Å². The van der Waals surface area contributed by atoms with Crippen LogP contribution in [0, 0.1) is 0 Å².